The Kier molecular flexibility index (Phi) is 5.65. The lowest BCUT2D eigenvalue weighted by molar-refractivity contribution is -0.141. The summed E-state index contributed by atoms with van der Waals surface area (Å²) in [4.78, 5) is 19.4. The number of aromatic nitrogens is 4. The van der Waals surface area contributed by atoms with Gasteiger partial charge in [-0.05, 0) is 17.7 Å². The Morgan fingerprint density at radius 3 is 2.81 bits per heavy atom. The number of nitrogens with one attached hydrogen (secondary N) is 2. The summed E-state index contributed by atoms with van der Waals surface area (Å²) in [5.74, 6) is -1.55. The van der Waals surface area contributed by atoms with E-state index in [1.54, 1.807) is 6.07 Å². The second-order valence-electron chi connectivity index (χ2n) is 6.69. The fourth-order valence-corrected chi connectivity index (χ4v) is 2.97. The van der Waals surface area contributed by atoms with Crippen LogP contribution in [0.4, 0.5) is 23.2 Å². The van der Waals surface area contributed by atoms with E-state index in [9.17, 15) is 22.4 Å². The number of hydrogen-bond donors (Lipinski definition) is 2. The third-order valence-electron chi connectivity index (χ3n) is 4.53. The summed E-state index contributed by atoms with van der Waals surface area (Å²) in [6.07, 6.45) is -0.983. The molecule has 8 nitrogen and oxygen atoms in total. The van der Waals surface area contributed by atoms with Gasteiger partial charge in [-0.25, -0.2) is 14.1 Å². The maximum Gasteiger partial charge on any atom is 0.434 e. The standard InChI is InChI=1S/C19H16F4N6O2/c20-13-5-11(15-7-24-3-4-31-15)1-2-14(13)27-18(30)12-6-26-29(10-12)17-9-25-8-16(28-17)19(21,22)23/h1-2,5-6,8-10,15,24H,3-4,7H2,(H,27,30)/t15-/m1/s1. The van der Waals surface area contributed by atoms with E-state index in [4.69, 9.17) is 4.74 Å². The van der Waals surface area contributed by atoms with Gasteiger partial charge in [0.25, 0.3) is 5.91 Å². The fraction of sp³-hybridized carbons (Fsp3) is 0.263. The largest absolute Gasteiger partial charge is 0.434 e. The first-order valence-corrected chi connectivity index (χ1v) is 9.18. The molecule has 0 aliphatic carbocycles. The van der Waals surface area contributed by atoms with E-state index >= 15 is 0 Å². The lowest BCUT2D eigenvalue weighted by atomic mass is 10.1. The monoisotopic (exact) mass is 436 g/mol. The molecule has 12 heteroatoms. The van der Waals surface area contributed by atoms with Crippen molar-refractivity contribution in [1.82, 2.24) is 25.1 Å². The summed E-state index contributed by atoms with van der Waals surface area (Å²) in [5.41, 5.74) is -0.601. The number of ether oxygens (including phenoxy) is 1. The van der Waals surface area contributed by atoms with Crippen molar-refractivity contribution in [2.24, 2.45) is 0 Å². The van der Waals surface area contributed by atoms with E-state index in [1.807, 2.05) is 0 Å². The number of anilines is 1. The summed E-state index contributed by atoms with van der Waals surface area (Å²) in [5, 5.41) is 9.41. The molecule has 1 amide bonds. The van der Waals surface area contributed by atoms with E-state index < -0.39 is 23.6 Å². The molecular weight excluding hydrogens is 420 g/mol. The Balaban J connectivity index is 1.48. The first-order valence-electron chi connectivity index (χ1n) is 9.18. The predicted octanol–water partition coefficient (Wildman–Crippen LogP) is 2.73. The van der Waals surface area contributed by atoms with Crippen molar-refractivity contribution >= 4 is 11.6 Å². The number of carbonyl (C=O) groups is 1. The van der Waals surface area contributed by atoms with Crippen LogP contribution in [-0.2, 0) is 10.9 Å². The van der Waals surface area contributed by atoms with E-state index in [-0.39, 0.29) is 23.2 Å². The molecule has 0 radical (unpaired) electrons. The third-order valence-corrected chi connectivity index (χ3v) is 4.53. The van der Waals surface area contributed by atoms with Crippen LogP contribution in [0.5, 0.6) is 0 Å². The molecule has 0 unspecified atom stereocenters. The molecule has 2 N–H and O–H groups in total. The number of rotatable bonds is 4. The number of hydrogen-bond acceptors (Lipinski definition) is 6. The molecule has 3 aromatic rings. The van der Waals surface area contributed by atoms with Gasteiger partial charge in [-0.2, -0.15) is 18.3 Å². The van der Waals surface area contributed by atoms with Gasteiger partial charge >= 0.3 is 6.18 Å². The lowest BCUT2D eigenvalue weighted by Crippen LogP contribution is -2.33. The molecule has 1 aromatic carbocycles. The van der Waals surface area contributed by atoms with Gasteiger partial charge in [0.2, 0.25) is 0 Å². The summed E-state index contributed by atoms with van der Waals surface area (Å²) in [7, 11) is 0. The third kappa shape index (κ3) is 4.70. The molecule has 162 valence electrons. The zero-order chi connectivity index (χ0) is 22.0. The average molecular weight is 436 g/mol. The van der Waals surface area contributed by atoms with Crippen molar-refractivity contribution < 1.29 is 27.1 Å². The van der Waals surface area contributed by atoms with Gasteiger partial charge in [0.1, 0.15) is 5.82 Å². The van der Waals surface area contributed by atoms with Crippen LogP contribution in [0.2, 0.25) is 0 Å². The zero-order valence-electron chi connectivity index (χ0n) is 15.9. The van der Waals surface area contributed by atoms with Gasteiger partial charge in [-0.15, -0.1) is 0 Å². The van der Waals surface area contributed by atoms with Crippen molar-refractivity contribution in [2.75, 3.05) is 25.0 Å². The molecule has 31 heavy (non-hydrogen) atoms. The van der Waals surface area contributed by atoms with Crippen LogP contribution in [0.25, 0.3) is 5.82 Å². The Bertz CT molecular complexity index is 1090. The molecular formula is C19H16F4N6O2. The molecule has 1 atom stereocenters. The van der Waals surface area contributed by atoms with Crippen molar-refractivity contribution in [3.05, 3.63) is 65.6 Å². The van der Waals surface area contributed by atoms with Crippen molar-refractivity contribution in [1.29, 1.82) is 0 Å². The van der Waals surface area contributed by atoms with Crippen LogP contribution in [0.1, 0.15) is 27.7 Å². The van der Waals surface area contributed by atoms with Crippen LogP contribution < -0.4 is 10.6 Å². The Hall–Kier alpha value is -3.38. The second kappa shape index (κ2) is 8.40. The molecule has 0 bridgehead atoms. The van der Waals surface area contributed by atoms with Crippen LogP contribution in [0.15, 0.2) is 43.0 Å². The number of benzene rings is 1. The smallest absolute Gasteiger partial charge is 0.371 e. The molecule has 1 aliphatic rings. The first kappa shape index (κ1) is 20.9. The Morgan fingerprint density at radius 1 is 1.26 bits per heavy atom. The highest BCUT2D eigenvalue weighted by molar-refractivity contribution is 6.04. The second-order valence-corrected chi connectivity index (χ2v) is 6.69. The van der Waals surface area contributed by atoms with E-state index in [0.29, 0.717) is 24.9 Å². The van der Waals surface area contributed by atoms with Gasteiger partial charge in [-0.3, -0.25) is 9.78 Å². The number of nitrogens with zero attached hydrogens (tertiary/aromatic N) is 4. The molecule has 0 spiro atoms. The fourth-order valence-electron chi connectivity index (χ4n) is 2.97. The van der Waals surface area contributed by atoms with Crippen LogP contribution in [0, 0.1) is 5.82 Å². The SMILES string of the molecule is O=C(Nc1ccc([C@H]2CNCCO2)cc1F)c1cnn(-c2cncc(C(F)(F)F)n2)c1. The predicted molar refractivity (Wildman–Crippen MR) is 100 cm³/mol. The zero-order valence-corrected chi connectivity index (χ0v) is 15.9. The molecule has 1 aliphatic heterocycles. The Labute approximate surface area is 173 Å². The highest BCUT2D eigenvalue weighted by Crippen LogP contribution is 2.27. The molecule has 2 aromatic heterocycles. The molecule has 1 saturated heterocycles. The highest BCUT2D eigenvalue weighted by Gasteiger charge is 2.33. The van der Waals surface area contributed by atoms with E-state index in [1.165, 1.54) is 18.3 Å². The highest BCUT2D eigenvalue weighted by atomic mass is 19.4. The van der Waals surface area contributed by atoms with Gasteiger partial charge in [-0.1, -0.05) is 6.07 Å². The number of carbonyl (C=O) groups excluding carboxylic acids is 1. The summed E-state index contributed by atoms with van der Waals surface area (Å²) < 4.78 is 59.4. The van der Waals surface area contributed by atoms with Crippen molar-refractivity contribution in [3.63, 3.8) is 0 Å². The first-order chi connectivity index (χ1) is 14.8. The van der Waals surface area contributed by atoms with E-state index in [0.717, 1.165) is 23.6 Å². The van der Waals surface area contributed by atoms with Crippen LogP contribution >= 0.6 is 0 Å². The maximum absolute atomic E-state index is 14.5. The molecule has 0 saturated carbocycles. The lowest BCUT2D eigenvalue weighted by Gasteiger charge is -2.24. The number of amides is 1. The quantitative estimate of drug-likeness (QED) is 0.611. The maximum atomic E-state index is 14.5. The van der Waals surface area contributed by atoms with Crippen LogP contribution in [0.3, 0.4) is 0 Å². The van der Waals surface area contributed by atoms with Gasteiger partial charge in [0.05, 0.1) is 42.6 Å². The van der Waals surface area contributed by atoms with Crippen LogP contribution in [-0.4, -0.2) is 45.4 Å². The Morgan fingerprint density at radius 2 is 2.10 bits per heavy atom. The number of halogens is 4. The minimum absolute atomic E-state index is 0.00232. The van der Waals surface area contributed by atoms with Gasteiger partial charge in [0.15, 0.2) is 11.5 Å². The average Bonchev–Trinajstić information content (AvgIpc) is 3.26. The number of morpholine rings is 1. The van der Waals surface area contributed by atoms with E-state index in [2.05, 4.69) is 25.7 Å². The summed E-state index contributed by atoms with van der Waals surface area (Å²) >= 11 is 0. The molecule has 3 heterocycles. The van der Waals surface area contributed by atoms with Crippen molar-refractivity contribution in [3.8, 4) is 5.82 Å². The van der Waals surface area contributed by atoms with Gasteiger partial charge < -0.3 is 15.4 Å². The number of alkyl halides is 3. The minimum Gasteiger partial charge on any atom is -0.371 e. The summed E-state index contributed by atoms with van der Waals surface area (Å²) in [6, 6.07) is 4.36. The normalized spacial score (nSPS) is 16.8. The molecule has 1 fully saturated rings. The minimum atomic E-state index is -4.67. The van der Waals surface area contributed by atoms with Crippen molar-refractivity contribution in [2.45, 2.75) is 12.3 Å². The molecule has 4 rings (SSSR count). The van der Waals surface area contributed by atoms with Gasteiger partial charge in [0, 0.05) is 19.3 Å². The topological polar surface area (TPSA) is 94.0 Å². The summed E-state index contributed by atoms with van der Waals surface area (Å²) in [6.45, 7) is 1.81.